The van der Waals surface area contributed by atoms with Gasteiger partial charge in [-0.15, -0.1) is 17.5 Å². The van der Waals surface area contributed by atoms with Crippen molar-refractivity contribution >= 4 is 28.3 Å². The normalized spacial score (nSPS) is 15.6. The number of rotatable bonds is 3. The van der Waals surface area contributed by atoms with Crippen LogP contribution in [0.5, 0.6) is 0 Å². The third kappa shape index (κ3) is 2.74. The molecule has 1 aliphatic rings. The van der Waals surface area contributed by atoms with Crippen molar-refractivity contribution in [1.29, 1.82) is 0 Å². The van der Waals surface area contributed by atoms with E-state index in [9.17, 15) is 0 Å². The maximum Gasteiger partial charge on any atom is 0.280 e. The molecule has 7 nitrogen and oxygen atoms in total. The Morgan fingerprint density at radius 1 is 1.33 bits per heavy atom. The van der Waals surface area contributed by atoms with Crippen molar-refractivity contribution in [1.82, 2.24) is 25.1 Å². The molecule has 24 heavy (non-hydrogen) atoms. The first kappa shape index (κ1) is 17.1. The van der Waals surface area contributed by atoms with Crippen LogP contribution in [0.4, 0.5) is 0 Å². The van der Waals surface area contributed by atoms with E-state index in [-0.39, 0.29) is 12.4 Å². The van der Waals surface area contributed by atoms with Gasteiger partial charge in [0.1, 0.15) is 0 Å². The maximum atomic E-state index is 6.24. The van der Waals surface area contributed by atoms with Gasteiger partial charge in [-0.25, -0.2) is 4.68 Å². The Morgan fingerprint density at radius 3 is 2.79 bits per heavy atom. The molecule has 2 N–H and O–H groups in total. The summed E-state index contributed by atoms with van der Waals surface area (Å²) in [5.41, 5.74) is 8.10. The molecule has 1 aliphatic carbocycles. The molecule has 0 saturated heterocycles. The number of hydrogen-bond donors (Lipinski definition) is 1. The molecular formula is C15H16BrClN6O. The molecule has 0 aliphatic heterocycles. The molecule has 1 saturated carbocycles. The van der Waals surface area contributed by atoms with E-state index in [1.54, 1.807) is 4.68 Å². The van der Waals surface area contributed by atoms with Gasteiger partial charge >= 0.3 is 0 Å². The minimum atomic E-state index is -0.448. The zero-order chi connectivity index (χ0) is 16.0. The van der Waals surface area contributed by atoms with E-state index in [0.29, 0.717) is 17.4 Å². The van der Waals surface area contributed by atoms with Crippen LogP contribution in [0.1, 0.15) is 30.8 Å². The second kappa shape index (κ2) is 6.27. The van der Waals surface area contributed by atoms with Gasteiger partial charge in [0.05, 0.1) is 16.9 Å². The molecule has 0 spiro atoms. The van der Waals surface area contributed by atoms with Gasteiger partial charge in [0.15, 0.2) is 11.5 Å². The van der Waals surface area contributed by atoms with E-state index >= 15 is 0 Å². The highest BCUT2D eigenvalue weighted by atomic mass is 79.9. The molecule has 2 aromatic heterocycles. The van der Waals surface area contributed by atoms with Crippen LogP contribution in [0, 0.1) is 6.92 Å². The van der Waals surface area contributed by atoms with Crippen LogP contribution in [-0.4, -0.2) is 25.1 Å². The van der Waals surface area contributed by atoms with Crippen LogP contribution in [0.25, 0.3) is 17.3 Å². The Hall–Kier alpha value is -1.77. The highest BCUT2D eigenvalue weighted by molar-refractivity contribution is 9.10. The van der Waals surface area contributed by atoms with Gasteiger partial charge in [0.2, 0.25) is 0 Å². The lowest BCUT2D eigenvalue weighted by Gasteiger charge is -2.34. The number of nitrogens with two attached hydrogens (primary N) is 1. The van der Waals surface area contributed by atoms with Crippen molar-refractivity contribution in [2.75, 3.05) is 0 Å². The lowest BCUT2D eigenvalue weighted by molar-refractivity contribution is 0.229. The van der Waals surface area contributed by atoms with E-state index in [1.807, 2.05) is 31.2 Å². The Balaban J connectivity index is 0.00000169. The molecule has 0 atom stereocenters. The molecule has 1 fully saturated rings. The van der Waals surface area contributed by atoms with Crippen LogP contribution in [0.3, 0.4) is 0 Å². The summed E-state index contributed by atoms with van der Waals surface area (Å²) in [7, 11) is 0. The first-order valence-electron chi connectivity index (χ1n) is 7.38. The standard InChI is InChI=1S/C15H15BrN6O.ClH/c1-9-12(13-18-14(20-23-13)15(17)6-3-7-15)19-21-22(9)11-5-2-4-10(16)8-11;/h2,4-5,8H,3,6-7,17H2,1H3;1H. The fourth-order valence-electron chi connectivity index (χ4n) is 2.68. The highest BCUT2D eigenvalue weighted by Gasteiger charge is 2.39. The minimum absolute atomic E-state index is 0. The average molecular weight is 412 g/mol. The van der Waals surface area contributed by atoms with Crippen LogP contribution >= 0.6 is 28.3 Å². The zero-order valence-corrected chi connectivity index (χ0v) is 15.3. The van der Waals surface area contributed by atoms with Gasteiger partial charge in [-0.3, -0.25) is 0 Å². The summed E-state index contributed by atoms with van der Waals surface area (Å²) >= 11 is 3.46. The number of halogens is 2. The number of hydrogen-bond acceptors (Lipinski definition) is 6. The van der Waals surface area contributed by atoms with Crippen LogP contribution < -0.4 is 5.73 Å². The monoisotopic (exact) mass is 410 g/mol. The summed E-state index contributed by atoms with van der Waals surface area (Å²) < 4.78 is 8.08. The molecule has 0 radical (unpaired) electrons. The molecule has 4 rings (SSSR count). The molecule has 126 valence electrons. The fourth-order valence-corrected chi connectivity index (χ4v) is 3.07. The summed E-state index contributed by atoms with van der Waals surface area (Å²) in [5, 5.41) is 12.4. The summed E-state index contributed by atoms with van der Waals surface area (Å²) in [6.07, 6.45) is 2.86. The number of nitrogens with zero attached hydrogens (tertiary/aromatic N) is 5. The van der Waals surface area contributed by atoms with Crippen molar-refractivity contribution in [3.8, 4) is 17.3 Å². The van der Waals surface area contributed by atoms with E-state index < -0.39 is 5.54 Å². The molecule has 3 aromatic rings. The van der Waals surface area contributed by atoms with Crippen molar-refractivity contribution in [2.45, 2.75) is 31.7 Å². The lowest BCUT2D eigenvalue weighted by atomic mass is 9.77. The third-order valence-corrected chi connectivity index (χ3v) is 4.76. The zero-order valence-electron chi connectivity index (χ0n) is 12.9. The summed E-state index contributed by atoms with van der Waals surface area (Å²) in [4.78, 5) is 4.43. The van der Waals surface area contributed by atoms with Gasteiger partial charge in [-0.05, 0) is 44.4 Å². The summed E-state index contributed by atoms with van der Waals surface area (Å²) in [6, 6.07) is 7.83. The van der Waals surface area contributed by atoms with Gasteiger partial charge in [-0.2, -0.15) is 4.98 Å². The van der Waals surface area contributed by atoms with Gasteiger partial charge in [-0.1, -0.05) is 32.4 Å². The predicted octanol–water partition coefficient (Wildman–Crippen LogP) is 3.15. The van der Waals surface area contributed by atoms with Crippen molar-refractivity contribution < 1.29 is 4.52 Å². The van der Waals surface area contributed by atoms with Gasteiger partial charge in [0.25, 0.3) is 5.89 Å². The SMILES string of the molecule is Cc1c(-c2nc(C3(N)CCC3)no2)nnn1-c1cccc(Br)c1.Cl. The van der Waals surface area contributed by atoms with E-state index in [4.69, 9.17) is 10.3 Å². The predicted molar refractivity (Wildman–Crippen MR) is 94.1 cm³/mol. The highest BCUT2D eigenvalue weighted by Crippen LogP contribution is 2.37. The second-order valence-electron chi connectivity index (χ2n) is 5.85. The Bertz CT molecular complexity index is 872. The smallest absolute Gasteiger partial charge is 0.280 e. The van der Waals surface area contributed by atoms with Crippen LogP contribution in [0.2, 0.25) is 0 Å². The second-order valence-corrected chi connectivity index (χ2v) is 6.76. The molecular weight excluding hydrogens is 396 g/mol. The fraction of sp³-hybridized carbons (Fsp3) is 0.333. The average Bonchev–Trinajstić information content (AvgIpc) is 3.11. The van der Waals surface area contributed by atoms with Crippen molar-refractivity contribution in [3.63, 3.8) is 0 Å². The molecule has 2 heterocycles. The van der Waals surface area contributed by atoms with E-state index in [1.165, 1.54) is 0 Å². The largest absolute Gasteiger partial charge is 0.332 e. The van der Waals surface area contributed by atoms with E-state index in [0.717, 1.165) is 35.1 Å². The van der Waals surface area contributed by atoms with Crippen LogP contribution in [-0.2, 0) is 5.54 Å². The van der Waals surface area contributed by atoms with Crippen LogP contribution in [0.15, 0.2) is 33.3 Å². The molecule has 0 amide bonds. The van der Waals surface area contributed by atoms with Gasteiger partial charge < -0.3 is 10.3 Å². The Morgan fingerprint density at radius 2 is 2.12 bits per heavy atom. The van der Waals surface area contributed by atoms with E-state index in [2.05, 4.69) is 36.4 Å². The molecule has 9 heteroatoms. The number of benzene rings is 1. The Labute approximate surface area is 153 Å². The molecule has 0 bridgehead atoms. The summed E-state index contributed by atoms with van der Waals surface area (Å²) in [5.74, 6) is 0.908. The van der Waals surface area contributed by atoms with Crippen molar-refractivity contribution in [3.05, 3.63) is 40.3 Å². The molecule has 1 aromatic carbocycles. The topological polar surface area (TPSA) is 95.7 Å². The molecule has 0 unspecified atom stereocenters. The quantitative estimate of drug-likeness (QED) is 0.711. The maximum absolute atomic E-state index is 6.24. The first-order valence-corrected chi connectivity index (χ1v) is 8.18. The minimum Gasteiger partial charge on any atom is -0.332 e. The van der Waals surface area contributed by atoms with Crippen molar-refractivity contribution in [2.24, 2.45) is 5.73 Å². The summed E-state index contributed by atoms with van der Waals surface area (Å²) in [6.45, 7) is 1.92. The van der Waals surface area contributed by atoms with Gasteiger partial charge in [0, 0.05) is 4.47 Å². The Kier molecular flexibility index (Phi) is 4.46. The lowest BCUT2D eigenvalue weighted by Crippen LogP contribution is -2.44. The first-order chi connectivity index (χ1) is 11.1. The number of aromatic nitrogens is 5. The third-order valence-electron chi connectivity index (χ3n) is 4.27.